The third-order valence-corrected chi connectivity index (χ3v) is 5.19. The van der Waals surface area contributed by atoms with E-state index in [1.54, 1.807) is 0 Å². The van der Waals surface area contributed by atoms with Gasteiger partial charge in [-0.25, -0.2) is 0 Å². The van der Waals surface area contributed by atoms with Crippen LogP contribution in [0.2, 0.25) is 0 Å². The van der Waals surface area contributed by atoms with Crippen molar-refractivity contribution in [2.24, 2.45) is 17.6 Å². The van der Waals surface area contributed by atoms with Gasteiger partial charge in [-0.1, -0.05) is 0 Å². The van der Waals surface area contributed by atoms with Crippen molar-refractivity contribution in [1.29, 1.82) is 0 Å². The molecule has 0 amide bonds. The van der Waals surface area contributed by atoms with Gasteiger partial charge >= 0.3 is 6.18 Å². The highest BCUT2D eigenvalue weighted by Crippen LogP contribution is 2.42. The second-order valence-electron chi connectivity index (χ2n) is 6.68. The lowest BCUT2D eigenvalue weighted by Crippen LogP contribution is -2.55. The molecule has 2 saturated carbocycles. The minimum absolute atomic E-state index is 0.188. The molecule has 0 aliphatic heterocycles. The molecule has 0 radical (unpaired) electrons. The molecule has 2 N–H and O–H groups in total. The Bertz CT molecular complexity index is 323. The predicted octanol–water partition coefficient (Wildman–Crippen LogP) is 2.79. The lowest BCUT2D eigenvalue weighted by atomic mass is 9.75. The van der Waals surface area contributed by atoms with Crippen LogP contribution in [0.15, 0.2) is 0 Å². The molecule has 2 fully saturated rings. The Kier molecular flexibility index (Phi) is 5.54. The number of halogens is 3. The predicted molar refractivity (Wildman–Crippen MR) is 76.0 cm³/mol. The van der Waals surface area contributed by atoms with Crippen molar-refractivity contribution in [2.45, 2.75) is 50.2 Å². The number of nitrogens with zero attached hydrogens (tertiary/aromatic N) is 1. The van der Waals surface area contributed by atoms with E-state index >= 15 is 0 Å². The fraction of sp³-hybridized carbons (Fsp3) is 1.00. The van der Waals surface area contributed by atoms with Crippen LogP contribution in [0, 0.1) is 11.8 Å². The molecule has 6 heteroatoms. The van der Waals surface area contributed by atoms with Gasteiger partial charge in [-0.05, 0) is 51.5 Å². The third-order valence-electron chi connectivity index (χ3n) is 5.19. The summed E-state index contributed by atoms with van der Waals surface area (Å²) in [6.45, 7) is 2.61. The Labute approximate surface area is 125 Å². The summed E-state index contributed by atoms with van der Waals surface area (Å²) in [6, 6.07) is 0. The number of ether oxygens (including phenoxy) is 1. The molecule has 0 unspecified atom stereocenters. The molecule has 0 spiro atoms. The lowest BCUT2D eigenvalue weighted by Gasteiger charge is -2.46. The molecule has 0 aromatic rings. The number of nitrogens with two attached hydrogens (primary N) is 1. The zero-order valence-corrected chi connectivity index (χ0v) is 12.8. The van der Waals surface area contributed by atoms with Crippen LogP contribution < -0.4 is 5.73 Å². The molecule has 124 valence electrons. The maximum Gasteiger partial charge on any atom is 0.391 e. The van der Waals surface area contributed by atoms with Gasteiger partial charge in [-0.2, -0.15) is 13.2 Å². The molecule has 21 heavy (non-hydrogen) atoms. The molecular weight excluding hydrogens is 281 g/mol. The van der Waals surface area contributed by atoms with Crippen molar-refractivity contribution in [3.63, 3.8) is 0 Å². The maximum absolute atomic E-state index is 12.8. The maximum atomic E-state index is 12.8. The van der Waals surface area contributed by atoms with Crippen molar-refractivity contribution < 1.29 is 17.9 Å². The molecule has 2 rings (SSSR count). The van der Waals surface area contributed by atoms with Gasteiger partial charge in [0, 0.05) is 25.2 Å². The summed E-state index contributed by atoms with van der Waals surface area (Å²) >= 11 is 0. The summed E-state index contributed by atoms with van der Waals surface area (Å²) in [7, 11) is 1.96. The highest BCUT2D eigenvalue weighted by Gasteiger charge is 2.46. The number of hydrogen-bond acceptors (Lipinski definition) is 3. The standard InChI is InChI=1S/C15H27F3N2O/c1-20(8-9-21-10-12-2-3-12)14(11-19)6-4-13(5-7-14)15(16,17)18/h12-13H,2-11,19H2,1H3. The molecule has 0 aromatic carbocycles. The number of alkyl halides is 3. The van der Waals surface area contributed by atoms with Crippen LogP contribution in [-0.2, 0) is 4.74 Å². The second kappa shape index (κ2) is 6.84. The summed E-state index contributed by atoms with van der Waals surface area (Å²) in [6.07, 6.45) is -0.114. The first-order valence-corrected chi connectivity index (χ1v) is 7.93. The zero-order chi connectivity index (χ0) is 15.5. The van der Waals surface area contributed by atoms with E-state index in [0.717, 1.165) is 19.1 Å². The van der Waals surface area contributed by atoms with Crippen LogP contribution in [0.3, 0.4) is 0 Å². The number of hydrogen-bond donors (Lipinski definition) is 1. The topological polar surface area (TPSA) is 38.5 Å². The first kappa shape index (κ1) is 17.0. The van der Waals surface area contributed by atoms with Crippen molar-refractivity contribution in [3.8, 4) is 0 Å². The monoisotopic (exact) mass is 308 g/mol. The molecule has 3 nitrogen and oxygen atoms in total. The fourth-order valence-electron chi connectivity index (χ4n) is 3.20. The van der Waals surface area contributed by atoms with Crippen LogP contribution in [0.5, 0.6) is 0 Å². The summed E-state index contributed by atoms with van der Waals surface area (Å²) in [5.41, 5.74) is 5.61. The lowest BCUT2D eigenvalue weighted by molar-refractivity contribution is -0.188. The summed E-state index contributed by atoms with van der Waals surface area (Å²) < 4.78 is 43.9. The normalized spacial score (nSPS) is 30.9. The average Bonchev–Trinajstić information content (AvgIpc) is 3.26. The van der Waals surface area contributed by atoms with E-state index in [4.69, 9.17) is 10.5 Å². The minimum Gasteiger partial charge on any atom is -0.380 e. The van der Waals surface area contributed by atoms with E-state index in [2.05, 4.69) is 4.90 Å². The third kappa shape index (κ3) is 4.57. The fourth-order valence-corrected chi connectivity index (χ4v) is 3.20. The van der Waals surface area contributed by atoms with Crippen molar-refractivity contribution in [2.75, 3.05) is 33.4 Å². The Morgan fingerprint density at radius 2 is 1.81 bits per heavy atom. The van der Waals surface area contributed by atoms with Gasteiger partial charge in [-0.15, -0.1) is 0 Å². The summed E-state index contributed by atoms with van der Waals surface area (Å²) in [4.78, 5) is 2.12. The molecule has 0 saturated heterocycles. The van der Waals surface area contributed by atoms with Crippen LogP contribution in [-0.4, -0.2) is 50.0 Å². The van der Waals surface area contributed by atoms with Crippen LogP contribution in [0.4, 0.5) is 13.2 Å². The molecular formula is C15H27F3N2O. The van der Waals surface area contributed by atoms with Gasteiger partial charge in [0.2, 0.25) is 0 Å². The van der Waals surface area contributed by atoms with Gasteiger partial charge in [-0.3, -0.25) is 4.90 Å². The van der Waals surface area contributed by atoms with E-state index in [-0.39, 0.29) is 18.4 Å². The van der Waals surface area contributed by atoms with Crippen molar-refractivity contribution in [3.05, 3.63) is 0 Å². The quantitative estimate of drug-likeness (QED) is 0.735. The highest BCUT2D eigenvalue weighted by molar-refractivity contribution is 4.96. The van der Waals surface area contributed by atoms with Crippen molar-refractivity contribution >= 4 is 0 Å². The van der Waals surface area contributed by atoms with E-state index < -0.39 is 12.1 Å². The van der Waals surface area contributed by atoms with Gasteiger partial charge < -0.3 is 10.5 Å². The SMILES string of the molecule is CN(CCOCC1CC1)C1(CN)CCC(C(F)(F)F)CC1. The van der Waals surface area contributed by atoms with Crippen molar-refractivity contribution in [1.82, 2.24) is 4.90 Å². The van der Waals surface area contributed by atoms with E-state index in [0.29, 0.717) is 26.0 Å². The Hall–Kier alpha value is -0.330. The van der Waals surface area contributed by atoms with Gasteiger partial charge in [0.1, 0.15) is 0 Å². The van der Waals surface area contributed by atoms with Gasteiger partial charge in [0.15, 0.2) is 0 Å². The molecule has 0 atom stereocenters. The smallest absolute Gasteiger partial charge is 0.380 e. The van der Waals surface area contributed by atoms with E-state index in [9.17, 15) is 13.2 Å². The first-order chi connectivity index (χ1) is 9.87. The second-order valence-corrected chi connectivity index (χ2v) is 6.68. The Balaban J connectivity index is 1.77. The Morgan fingerprint density at radius 1 is 1.19 bits per heavy atom. The highest BCUT2D eigenvalue weighted by atomic mass is 19.4. The number of rotatable bonds is 7. The summed E-state index contributed by atoms with van der Waals surface area (Å²) in [5.74, 6) is -0.419. The van der Waals surface area contributed by atoms with Gasteiger partial charge in [0.05, 0.1) is 12.5 Å². The number of likely N-dealkylation sites (N-methyl/N-ethyl adjacent to an activating group) is 1. The first-order valence-electron chi connectivity index (χ1n) is 7.93. The molecule has 0 bridgehead atoms. The van der Waals surface area contributed by atoms with Crippen LogP contribution in [0.1, 0.15) is 38.5 Å². The van der Waals surface area contributed by atoms with Crippen LogP contribution >= 0.6 is 0 Å². The molecule has 2 aliphatic carbocycles. The largest absolute Gasteiger partial charge is 0.391 e. The zero-order valence-electron chi connectivity index (χ0n) is 12.8. The average molecular weight is 308 g/mol. The molecule has 0 aromatic heterocycles. The minimum atomic E-state index is -4.06. The Morgan fingerprint density at radius 3 is 2.29 bits per heavy atom. The van der Waals surface area contributed by atoms with E-state index in [1.807, 2.05) is 7.05 Å². The van der Waals surface area contributed by atoms with E-state index in [1.165, 1.54) is 12.8 Å². The van der Waals surface area contributed by atoms with Crippen LogP contribution in [0.25, 0.3) is 0 Å². The molecule has 2 aliphatic rings. The van der Waals surface area contributed by atoms with Gasteiger partial charge in [0.25, 0.3) is 0 Å². The summed E-state index contributed by atoms with van der Waals surface area (Å²) in [5, 5.41) is 0. The molecule has 0 heterocycles.